The van der Waals surface area contributed by atoms with Gasteiger partial charge >= 0.3 is 0 Å². The van der Waals surface area contributed by atoms with Crippen molar-refractivity contribution in [1.82, 2.24) is 5.32 Å². The predicted molar refractivity (Wildman–Crippen MR) is 63.4 cm³/mol. The van der Waals surface area contributed by atoms with E-state index >= 15 is 0 Å². The Morgan fingerprint density at radius 1 is 1.38 bits per heavy atom. The first-order valence-corrected chi connectivity index (χ1v) is 6.52. The van der Waals surface area contributed by atoms with Crippen LogP contribution >= 0.6 is 0 Å². The Hall–Kier alpha value is -1.17. The monoisotopic (exact) mass is 238 g/mol. The Labute approximate surface area is 95.1 Å². The highest BCUT2D eigenvalue weighted by atomic mass is 32.2. The number of nitrogens with one attached hydrogen (secondary N) is 1. The van der Waals surface area contributed by atoms with Crippen molar-refractivity contribution in [1.29, 1.82) is 0 Å². The fraction of sp³-hybridized carbons (Fsp3) is 0.273. The molecule has 86 valence electrons. The highest BCUT2D eigenvalue weighted by Crippen LogP contribution is 2.34. The predicted octanol–water partition coefficient (Wildman–Crippen LogP) is 0.493. The minimum atomic E-state index is -3.30. The number of benzene rings is 1. The van der Waals surface area contributed by atoms with Crippen LogP contribution in [0.25, 0.3) is 6.08 Å². The van der Waals surface area contributed by atoms with Gasteiger partial charge in [-0.2, -0.15) is 0 Å². The summed E-state index contributed by atoms with van der Waals surface area (Å²) in [6, 6.07) is 5.21. The fourth-order valence-corrected chi connectivity index (χ4v) is 3.49. The lowest BCUT2D eigenvalue weighted by Crippen LogP contribution is -2.15. The molecule has 0 fully saturated rings. The molecular formula is C11H14N2O2S. The molecule has 0 aromatic heterocycles. The van der Waals surface area contributed by atoms with Crippen LogP contribution in [0.5, 0.6) is 0 Å². The van der Waals surface area contributed by atoms with Crippen LogP contribution in [-0.2, 0) is 16.4 Å². The number of hydrogen-bond acceptors (Lipinski definition) is 4. The average molecular weight is 238 g/mol. The van der Waals surface area contributed by atoms with Crippen LogP contribution in [0, 0.1) is 0 Å². The molecule has 3 N–H and O–H groups in total. The van der Waals surface area contributed by atoms with Crippen molar-refractivity contribution in [2.24, 2.45) is 5.73 Å². The number of hydrogen-bond donors (Lipinski definition) is 2. The van der Waals surface area contributed by atoms with E-state index in [9.17, 15) is 8.42 Å². The molecule has 1 aromatic rings. The second-order valence-electron chi connectivity index (χ2n) is 3.68. The Morgan fingerprint density at radius 3 is 2.75 bits per heavy atom. The summed E-state index contributed by atoms with van der Waals surface area (Å²) in [7, 11) is -1.57. The highest BCUT2D eigenvalue weighted by Gasteiger charge is 2.29. The first kappa shape index (κ1) is 11.3. The van der Waals surface area contributed by atoms with Gasteiger partial charge in [0.2, 0.25) is 9.84 Å². The maximum absolute atomic E-state index is 12.1. The van der Waals surface area contributed by atoms with Crippen molar-refractivity contribution >= 4 is 15.9 Å². The zero-order chi connectivity index (χ0) is 11.8. The van der Waals surface area contributed by atoms with Gasteiger partial charge in [-0.25, -0.2) is 8.42 Å². The van der Waals surface area contributed by atoms with Crippen LogP contribution in [0.2, 0.25) is 0 Å². The van der Waals surface area contributed by atoms with Crippen molar-refractivity contribution in [3.05, 3.63) is 34.2 Å². The summed E-state index contributed by atoms with van der Waals surface area (Å²) in [5.74, 6) is 0. The molecule has 0 bridgehead atoms. The third-order valence-corrected chi connectivity index (χ3v) is 4.55. The van der Waals surface area contributed by atoms with Crippen molar-refractivity contribution in [2.75, 3.05) is 13.6 Å². The highest BCUT2D eigenvalue weighted by molar-refractivity contribution is 7.95. The zero-order valence-electron chi connectivity index (χ0n) is 9.03. The van der Waals surface area contributed by atoms with Gasteiger partial charge in [-0.05, 0) is 30.3 Å². The molecule has 2 rings (SSSR count). The van der Waals surface area contributed by atoms with E-state index in [0.717, 1.165) is 11.1 Å². The van der Waals surface area contributed by atoms with Gasteiger partial charge in [0.15, 0.2) is 0 Å². The van der Waals surface area contributed by atoms with Gasteiger partial charge in [0, 0.05) is 13.1 Å². The van der Waals surface area contributed by atoms with Gasteiger partial charge in [0.25, 0.3) is 0 Å². The van der Waals surface area contributed by atoms with Crippen LogP contribution in [0.4, 0.5) is 0 Å². The molecule has 4 nitrogen and oxygen atoms in total. The van der Waals surface area contributed by atoms with E-state index in [1.54, 1.807) is 25.3 Å². The lowest BCUT2D eigenvalue weighted by Gasteiger charge is -2.04. The average Bonchev–Trinajstić information content (AvgIpc) is 2.52. The number of likely N-dealkylation sites (N-methyl/N-ethyl adjacent to an activating group) is 1. The number of fused-ring (bicyclic) bond motifs is 1. The minimum absolute atomic E-state index is 0.348. The van der Waals surface area contributed by atoms with Gasteiger partial charge < -0.3 is 11.1 Å². The topological polar surface area (TPSA) is 72.2 Å². The molecular weight excluding hydrogens is 224 g/mol. The van der Waals surface area contributed by atoms with Crippen molar-refractivity contribution in [2.45, 2.75) is 11.4 Å². The van der Waals surface area contributed by atoms with E-state index < -0.39 is 9.84 Å². The lowest BCUT2D eigenvalue weighted by atomic mass is 10.1. The minimum Gasteiger partial charge on any atom is -0.326 e. The quantitative estimate of drug-likeness (QED) is 0.804. The van der Waals surface area contributed by atoms with Crippen molar-refractivity contribution in [3.63, 3.8) is 0 Å². The van der Waals surface area contributed by atoms with Crippen LogP contribution in [0.1, 0.15) is 11.1 Å². The fourth-order valence-electron chi connectivity index (χ4n) is 1.87. The molecule has 0 spiro atoms. The largest absolute Gasteiger partial charge is 0.326 e. The molecule has 0 unspecified atom stereocenters. The molecule has 1 aromatic carbocycles. The molecule has 0 radical (unpaired) electrons. The summed E-state index contributed by atoms with van der Waals surface area (Å²) in [5, 5.41) is 2.86. The lowest BCUT2D eigenvalue weighted by molar-refractivity contribution is 0.601. The van der Waals surface area contributed by atoms with Gasteiger partial charge in [-0.15, -0.1) is 0 Å². The molecule has 0 saturated carbocycles. The SMILES string of the molecule is CNCC1=Cc2c(CN)cccc2S1(=O)=O. The summed E-state index contributed by atoms with van der Waals surface area (Å²) in [4.78, 5) is 0.784. The maximum Gasteiger partial charge on any atom is 0.204 e. The van der Waals surface area contributed by atoms with E-state index in [1.165, 1.54) is 0 Å². The van der Waals surface area contributed by atoms with Gasteiger partial charge in [0.05, 0.1) is 9.80 Å². The van der Waals surface area contributed by atoms with Crippen molar-refractivity contribution < 1.29 is 8.42 Å². The van der Waals surface area contributed by atoms with Crippen LogP contribution in [0.3, 0.4) is 0 Å². The van der Waals surface area contributed by atoms with E-state index in [0.29, 0.717) is 22.9 Å². The normalized spacial score (nSPS) is 17.0. The van der Waals surface area contributed by atoms with Crippen LogP contribution in [-0.4, -0.2) is 22.0 Å². The first-order valence-electron chi connectivity index (χ1n) is 5.03. The summed E-state index contributed by atoms with van der Waals surface area (Å²) < 4.78 is 24.2. The molecule has 0 aliphatic carbocycles. The summed E-state index contributed by atoms with van der Waals surface area (Å²) in [5.41, 5.74) is 7.20. The number of sulfone groups is 1. The first-order chi connectivity index (χ1) is 7.61. The third-order valence-electron chi connectivity index (χ3n) is 2.67. The Morgan fingerprint density at radius 2 is 2.12 bits per heavy atom. The second kappa shape index (κ2) is 4.01. The molecule has 1 aliphatic heterocycles. The molecule has 1 aliphatic rings. The summed E-state index contributed by atoms with van der Waals surface area (Å²) in [6.45, 7) is 0.697. The molecule has 16 heavy (non-hydrogen) atoms. The molecule has 5 heteroatoms. The van der Waals surface area contributed by atoms with Crippen LogP contribution < -0.4 is 11.1 Å². The van der Waals surface area contributed by atoms with E-state index in [1.807, 2.05) is 6.07 Å². The number of nitrogens with two attached hydrogens (primary N) is 1. The molecule has 0 amide bonds. The molecule has 0 saturated heterocycles. The summed E-state index contributed by atoms with van der Waals surface area (Å²) in [6.07, 6.45) is 1.71. The molecule has 0 atom stereocenters. The Kier molecular flexibility index (Phi) is 2.84. The Bertz CT molecular complexity index is 547. The van der Waals surface area contributed by atoms with Gasteiger partial charge in [-0.3, -0.25) is 0 Å². The van der Waals surface area contributed by atoms with E-state index in [4.69, 9.17) is 5.73 Å². The number of rotatable bonds is 3. The van der Waals surface area contributed by atoms with E-state index in [2.05, 4.69) is 5.32 Å². The molecule has 1 heterocycles. The van der Waals surface area contributed by atoms with E-state index in [-0.39, 0.29) is 0 Å². The standard InChI is InChI=1S/C11H14N2O2S/c1-13-7-9-5-10-8(6-12)3-2-4-11(10)16(9,14)15/h2-5,13H,6-7,12H2,1H3. The summed E-state index contributed by atoms with van der Waals surface area (Å²) >= 11 is 0. The van der Waals surface area contributed by atoms with Crippen molar-refractivity contribution in [3.8, 4) is 0 Å². The maximum atomic E-state index is 12.1. The zero-order valence-corrected chi connectivity index (χ0v) is 9.84. The third kappa shape index (κ3) is 1.57. The Balaban J connectivity index is 2.62. The smallest absolute Gasteiger partial charge is 0.204 e. The second-order valence-corrected chi connectivity index (χ2v) is 5.65. The van der Waals surface area contributed by atoms with Crippen LogP contribution in [0.15, 0.2) is 28.0 Å². The van der Waals surface area contributed by atoms with Gasteiger partial charge in [0.1, 0.15) is 0 Å². The van der Waals surface area contributed by atoms with Gasteiger partial charge in [-0.1, -0.05) is 12.1 Å².